The van der Waals surface area contributed by atoms with E-state index >= 15 is 0 Å². The average Bonchev–Trinajstić information content (AvgIpc) is 3.38. The van der Waals surface area contributed by atoms with Crippen LogP contribution in [-0.4, -0.2) is 21.9 Å². The van der Waals surface area contributed by atoms with Crippen molar-refractivity contribution in [3.05, 3.63) is 138 Å². The number of ether oxygens (including phenoxy) is 1. The van der Waals surface area contributed by atoms with E-state index in [-0.39, 0.29) is 0 Å². The molecule has 1 amide bonds. The topological polar surface area (TPSA) is 68.5 Å². The normalized spacial score (nSPS) is 10.9. The molecule has 0 aliphatic heterocycles. The molecule has 37 heavy (non-hydrogen) atoms. The largest absolute Gasteiger partial charge is 0.489 e. The SMILES string of the molecule is O=C(N/N=C\c1cn(-c2ccccc2)nc1-c1ccc(OCc2ccccc2)cc1)c1ccc(F)cc1. The summed E-state index contributed by atoms with van der Waals surface area (Å²) in [5, 5.41) is 8.89. The van der Waals surface area contributed by atoms with Gasteiger partial charge in [0.2, 0.25) is 0 Å². The molecule has 0 radical (unpaired) electrons. The van der Waals surface area contributed by atoms with Crippen molar-refractivity contribution >= 4 is 12.1 Å². The third-order valence-electron chi connectivity index (χ3n) is 5.62. The summed E-state index contributed by atoms with van der Waals surface area (Å²) in [7, 11) is 0. The monoisotopic (exact) mass is 490 g/mol. The van der Waals surface area contributed by atoms with Crippen molar-refractivity contribution in [3.63, 3.8) is 0 Å². The maximum absolute atomic E-state index is 13.1. The quantitative estimate of drug-likeness (QED) is 0.214. The summed E-state index contributed by atoms with van der Waals surface area (Å²) in [6.07, 6.45) is 3.39. The van der Waals surface area contributed by atoms with Gasteiger partial charge in [-0.3, -0.25) is 4.79 Å². The van der Waals surface area contributed by atoms with Crippen LogP contribution < -0.4 is 10.2 Å². The molecule has 1 aromatic heterocycles. The summed E-state index contributed by atoms with van der Waals surface area (Å²) in [5.74, 6) is -0.0976. The van der Waals surface area contributed by atoms with Gasteiger partial charge in [-0.05, 0) is 66.2 Å². The van der Waals surface area contributed by atoms with E-state index in [1.165, 1.54) is 24.3 Å². The number of halogens is 1. The van der Waals surface area contributed by atoms with Crippen LogP contribution >= 0.6 is 0 Å². The minimum Gasteiger partial charge on any atom is -0.489 e. The summed E-state index contributed by atoms with van der Waals surface area (Å²) in [6.45, 7) is 0.481. The van der Waals surface area contributed by atoms with Crippen molar-refractivity contribution in [2.75, 3.05) is 0 Å². The highest BCUT2D eigenvalue weighted by molar-refractivity contribution is 5.95. The van der Waals surface area contributed by atoms with Crippen molar-refractivity contribution in [1.29, 1.82) is 0 Å². The van der Waals surface area contributed by atoms with Gasteiger partial charge in [0, 0.05) is 22.9 Å². The third-order valence-corrected chi connectivity index (χ3v) is 5.62. The van der Waals surface area contributed by atoms with E-state index in [0.717, 1.165) is 22.6 Å². The number of nitrogens with one attached hydrogen (secondary N) is 1. The summed E-state index contributed by atoms with van der Waals surface area (Å²) in [4.78, 5) is 12.3. The van der Waals surface area contributed by atoms with Crippen LogP contribution in [0.3, 0.4) is 0 Å². The zero-order chi connectivity index (χ0) is 25.5. The van der Waals surface area contributed by atoms with Gasteiger partial charge < -0.3 is 4.74 Å². The summed E-state index contributed by atoms with van der Waals surface area (Å²) in [6, 6.07) is 32.6. The first kappa shape index (κ1) is 23.7. The zero-order valence-electron chi connectivity index (χ0n) is 19.8. The van der Waals surface area contributed by atoms with Gasteiger partial charge in [-0.15, -0.1) is 0 Å². The highest BCUT2D eigenvalue weighted by atomic mass is 19.1. The van der Waals surface area contributed by atoms with Crippen molar-refractivity contribution in [2.24, 2.45) is 5.10 Å². The molecule has 0 bridgehead atoms. The van der Waals surface area contributed by atoms with Crippen molar-refractivity contribution in [3.8, 4) is 22.7 Å². The van der Waals surface area contributed by atoms with Gasteiger partial charge >= 0.3 is 0 Å². The predicted octanol–water partition coefficient (Wildman–Crippen LogP) is 6.02. The Morgan fingerprint density at radius 1 is 0.892 bits per heavy atom. The molecule has 7 heteroatoms. The number of amides is 1. The average molecular weight is 491 g/mol. The summed E-state index contributed by atoms with van der Waals surface area (Å²) in [5.41, 5.74) is 7.05. The van der Waals surface area contributed by atoms with Crippen molar-refractivity contribution in [2.45, 2.75) is 6.61 Å². The predicted molar refractivity (Wildman–Crippen MR) is 141 cm³/mol. The number of nitrogens with zero attached hydrogens (tertiary/aromatic N) is 3. The van der Waals surface area contributed by atoms with Gasteiger partial charge in [-0.1, -0.05) is 48.5 Å². The second-order valence-electron chi connectivity index (χ2n) is 8.22. The van der Waals surface area contributed by atoms with Gasteiger partial charge in [-0.25, -0.2) is 14.5 Å². The number of hydrogen-bond acceptors (Lipinski definition) is 4. The lowest BCUT2D eigenvalue weighted by atomic mass is 10.1. The molecular weight excluding hydrogens is 467 g/mol. The first-order chi connectivity index (χ1) is 18.2. The fraction of sp³-hybridized carbons (Fsp3) is 0.0333. The molecule has 1 N–H and O–H groups in total. The molecule has 0 aliphatic rings. The minimum absolute atomic E-state index is 0.310. The van der Waals surface area contributed by atoms with Crippen LogP contribution in [0.25, 0.3) is 16.9 Å². The number of rotatable bonds is 8. The number of hydrogen-bond donors (Lipinski definition) is 1. The fourth-order valence-corrected chi connectivity index (χ4v) is 3.70. The first-order valence-corrected chi connectivity index (χ1v) is 11.7. The number of carbonyl (C=O) groups excluding carboxylic acids is 1. The molecule has 5 aromatic rings. The standard InChI is InChI=1S/C30H23FN4O2/c31-26-15-11-24(12-16-26)30(36)33-32-19-25-20-35(27-9-5-2-6-10-27)34-29(25)23-13-17-28(18-14-23)37-21-22-7-3-1-4-8-22/h1-20H,21H2,(H,33,36)/b32-19-. The molecule has 0 aliphatic carbocycles. The molecule has 5 rings (SSSR count). The molecule has 6 nitrogen and oxygen atoms in total. The number of para-hydroxylation sites is 1. The molecule has 0 unspecified atom stereocenters. The first-order valence-electron chi connectivity index (χ1n) is 11.7. The Bertz CT molecular complexity index is 1500. The Labute approximate surface area is 213 Å². The second kappa shape index (κ2) is 11.1. The Balaban J connectivity index is 1.37. The lowest BCUT2D eigenvalue weighted by Gasteiger charge is -2.07. The van der Waals surface area contributed by atoms with Gasteiger partial charge in [0.1, 0.15) is 23.9 Å². The maximum atomic E-state index is 13.1. The molecule has 1 heterocycles. The molecular formula is C30H23FN4O2. The lowest BCUT2D eigenvalue weighted by Crippen LogP contribution is -2.17. The van der Waals surface area contributed by atoms with Crippen LogP contribution in [-0.2, 0) is 6.61 Å². The third kappa shape index (κ3) is 5.97. The molecule has 182 valence electrons. The van der Waals surface area contributed by atoms with Crippen LogP contribution in [0.15, 0.2) is 120 Å². The van der Waals surface area contributed by atoms with E-state index in [9.17, 15) is 9.18 Å². The van der Waals surface area contributed by atoms with Crippen LogP contribution in [0.1, 0.15) is 21.5 Å². The highest BCUT2D eigenvalue weighted by Gasteiger charge is 2.12. The summed E-state index contributed by atoms with van der Waals surface area (Å²) >= 11 is 0. The number of carbonyl (C=O) groups is 1. The molecule has 0 spiro atoms. The van der Waals surface area contributed by atoms with Crippen LogP contribution in [0.5, 0.6) is 5.75 Å². The lowest BCUT2D eigenvalue weighted by molar-refractivity contribution is 0.0955. The summed E-state index contributed by atoms with van der Waals surface area (Å²) < 4.78 is 20.8. The van der Waals surface area contributed by atoms with Gasteiger partial charge in [0.25, 0.3) is 5.91 Å². The second-order valence-corrected chi connectivity index (χ2v) is 8.22. The Morgan fingerprint density at radius 3 is 2.27 bits per heavy atom. The molecule has 0 saturated heterocycles. The smallest absolute Gasteiger partial charge is 0.271 e. The Morgan fingerprint density at radius 2 is 1.57 bits per heavy atom. The van der Waals surface area contributed by atoms with Gasteiger partial charge in [0.05, 0.1) is 11.9 Å². The number of hydrazone groups is 1. The van der Waals surface area contributed by atoms with E-state index < -0.39 is 11.7 Å². The molecule has 0 saturated carbocycles. The number of benzene rings is 4. The van der Waals surface area contributed by atoms with Crippen molar-refractivity contribution < 1.29 is 13.9 Å². The van der Waals surface area contributed by atoms with Gasteiger partial charge in [-0.2, -0.15) is 10.2 Å². The van der Waals surface area contributed by atoms with E-state index in [1.54, 1.807) is 10.9 Å². The van der Waals surface area contributed by atoms with E-state index in [2.05, 4.69) is 10.5 Å². The Kier molecular flexibility index (Phi) is 7.13. The molecule has 0 atom stereocenters. The fourth-order valence-electron chi connectivity index (χ4n) is 3.70. The van der Waals surface area contributed by atoms with E-state index in [1.807, 2.05) is 91.1 Å². The number of aromatic nitrogens is 2. The van der Waals surface area contributed by atoms with Crippen LogP contribution in [0.4, 0.5) is 4.39 Å². The van der Waals surface area contributed by atoms with Crippen LogP contribution in [0, 0.1) is 5.82 Å². The maximum Gasteiger partial charge on any atom is 0.271 e. The zero-order valence-corrected chi connectivity index (χ0v) is 19.8. The van der Waals surface area contributed by atoms with Crippen molar-refractivity contribution in [1.82, 2.24) is 15.2 Å². The highest BCUT2D eigenvalue weighted by Crippen LogP contribution is 2.25. The van der Waals surface area contributed by atoms with Crippen LogP contribution in [0.2, 0.25) is 0 Å². The van der Waals surface area contributed by atoms with E-state index in [4.69, 9.17) is 9.84 Å². The van der Waals surface area contributed by atoms with E-state index in [0.29, 0.717) is 23.4 Å². The van der Waals surface area contributed by atoms with Gasteiger partial charge in [0.15, 0.2) is 0 Å². The molecule has 4 aromatic carbocycles. The minimum atomic E-state index is -0.437. The Hall–Kier alpha value is -5.04. The molecule has 0 fully saturated rings.